The third-order valence-electron chi connectivity index (χ3n) is 2.71. The molecule has 0 fully saturated rings. The number of benzene rings is 1. The van der Waals surface area contributed by atoms with Crippen molar-refractivity contribution in [2.45, 2.75) is 26.4 Å². The second-order valence-corrected chi connectivity index (χ2v) is 5.67. The lowest BCUT2D eigenvalue weighted by Crippen LogP contribution is -2.42. The van der Waals surface area contributed by atoms with Crippen LogP contribution in [0.1, 0.15) is 19.4 Å². The van der Waals surface area contributed by atoms with Gasteiger partial charge in [0.15, 0.2) is 0 Å². The Labute approximate surface area is 130 Å². The SMILES string of the molecule is CC(C)NC(=O)CNC(=O)CN(C)Cc1ccccc1Cl. The molecule has 21 heavy (non-hydrogen) atoms. The molecule has 0 saturated carbocycles. The Morgan fingerprint density at radius 3 is 2.52 bits per heavy atom. The van der Waals surface area contributed by atoms with Crippen LogP contribution >= 0.6 is 11.6 Å². The third kappa shape index (κ3) is 7.11. The summed E-state index contributed by atoms with van der Waals surface area (Å²) in [4.78, 5) is 25.0. The van der Waals surface area contributed by atoms with Gasteiger partial charge in [-0.15, -0.1) is 0 Å². The minimum atomic E-state index is -0.191. The molecular weight excluding hydrogens is 290 g/mol. The van der Waals surface area contributed by atoms with E-state index in [0.29, 0.717) is 11.6 Å². The maximum Gasteiger partial charge on any atom is 0.239 e. The molecule has 0 aliphatic carbocycles. The van der Waals surface area contributed by atoms with E-state index in [9.17, 15) is 9.59 Å². The minimum Gasteiger partial charge on any atom is -0.352 e. The zero-order chi connectivity index (χ0) is 15.8. The number of rotatable bonds is 7. The summed E-state index contributed by atoms with van der Waals surface area (Å²) in [6, 6.07) is 7.59. The van der Waals surface area contributed by atoms with Crippen molar-refractivity contribution < 1.29 is 9.59 Å². The smallest absolute Gasteiger partial charge is 0.239 e. The van der Waals surface area contributed by atoms with Gasteiger partial charge in [0.25, 0.3) is 0 Å². The number of hydrogen-bond acceptors (Lipinski definition) is 3. The Balaban J connectivity index is 2.34. The molecule has 0 aromatic heterocycles. The van der Waals surface area contributed by atoms with Crippen molar-refractivity contribution in [1.82, 2.24) is 15.5 Å². The highest BCUT2D eigenvalue weighted by atomic mass is 35.5. The Morgan fingerprint density at radius 1 is 1.24 bits per heavy atom. The summed E-state index contributed by atoms with van der Waals surface area (Å²) in [6.07, 6.45) is 0. The largest absolute Gasteiger partial charge is 0.352 e. The number of amides is 2. The number of carbonyl (C=O) groups is 2. The highest BCUT2D eigenvalue weighted by Gasteiger charge is 2.10. The van der Waals surface area contributed by atoms with Crippen LogP contribution in [-0.4, -0.2) is 42.9 Å². The van der Waals surface area contributed by atoms with Crippen LogP contribution in [-0.2, 0) is 16.1 Å². The molecule has 2 N–H and O–H groups in total. The molecule has 116 valence electrons. The Hall–Kier alpha value is -1.59. The minimum absolute atomic E-state index is 0.00303. The zero-order valence-corrected chi connectivity index (χ0v) is 13.4. The van der Waals surface area contributed by atoms with Crippen LogP contribution in [0.3, 0.4) is 0 Å². The van der Waals surface area contributed by atoms with Gasteiger partial charge in [0.05, 0.1) is 13.1 Å². The van der Waals surface area contributed by atoms with Gasteiger partial charge < -0.3 is 10.6 Å². The average molecular weight is 312 g/mol. The highest BCUT2D eigenvalue weighted by Crippen LogP contribution is 2.16. The van der Waals surface area contributed by atoms with Gasteiger partial charge in [-0.05, 0) is 32.5 Å². The summed E-state index contributed by atoms with van der Waals surface area (Å²) in [7, 11) is 1.83. The van der Waals surface area contributed by atoms with Crippen LogP contribution in [0, 0.1) is 0 Å². The van der Waals surface area contributed by atoms with Crippen molar-refractivity contribution >= 4 is 23.4 Å². The van der Waals surface area contributed by atoms with Gasteiger partial charge in [-0.25, -0.2) is 0 Å². The maximum atomic E-state index is 11.8. The molecule has 2 amide bonds. The first-order valence-electron chi connectivity index (χ1n) is 6.86. The monoisotopic (exact) mass is 311 g/mol. The van der Waals surface area contributed by atoms with Gasteiger partial charge in [-0.1, -0.05) is 29.8 Å². The topological polar surface area (TPSA) is 61.4 Å². The van der Waals surface area contributed by atoms with E-state index in [4.69, 9.17) is 11.6 Å². The average Bonchev–Trinajstić information content (AvgIpc) is 2.38. The number of likely N-dealkylation sites (N-methyl/N-ethyl adjacent to an activating group) is 1. The Bertz CT molecular complexity index is 492. The lowest BCUT2D eigenvalue weighted by atomic mass is 10.2. The van der Waals surface area contributed by atoms with Crippen molar-refractivity contribution in [3.8, 4) is 0 Å². The number of halogens is 1. The van der Waals surface area contributed by atoms with Crippen molar-refractivity contribution in [3.63, 3.8) is 0 Å². The standard InChI is InChI=1S/C15H22ClN3O2/c1-11(2)18-14(20)8-17-15(21)10-19(3)9-12-6-4-5-7-13(12)16/h4-7,11H,8-10H2,1-3H3,(H,17,21)(H,18,20). The van der Waals surface area contributed by atoms with Gasteiger partial charge in [-0.2, -0.15) is 0 Å². The fourth-order valence-corrected chi connectivity index (χ4v) is 2.02. The van der Waals surface area contributed by atoms with E-state index in [0.717, 1.165) is 5.56 Å². The van der Waals surface area contributed by atoms with Crippen LogP contribution in [0.5, 0.6) is 0 Å². The van der Waals surface area contributed by atoms with Gasteiger partial charge in [0, 0.05) is 17.6 Å². The Kier molecular flexibility index (Phi) is 7.19. The zero-order valence-electron chi connectivity index (χ0n) is 12.6. The number of carbonyl (C=O) groups excluding carboxylic acids is 2. The summed E-state index contributed by atoms with van der Waals surface area (Å²) in [6.45, 7) is 4.52. The first-order chi connectivity index (χ1) is 9.88. The van der Waals surface area contributed by atoms with E-state index in [1.807, 2.05) is 50.1 Å². The molecule has 0 unspecified atom stereocenters. The van der Waals surface area contributed by atoms with E-state index < -0.39 is 0 Å². The summed E-state index contributed by atoms with van der Waals surface area (Å²) < 4.78 is 0. The molecule has 0 aliphatic heterocycles. The number of hydrogen-bond donors (Lipinski definition) is 2. The van der Waals surface area contributed by atoms with Crippen molar-refractivity contribution in [2.75, 3.05) is 20.1 Å². The van der Waals surface area contributed by atoms with E-state index in [1.54, 1.807) is 0 Å². The highest BCUT2D eigenvalue weighted by molar-refractivity contribution is 6.31. The number of nitrogens with one attached hydrogen (secondary N) is 2. The van der Waals surface area contributed by atoms with E-state index >= 15 is 0 Å². The summed E-state index contributed by atoms with van der Waals surface area (Å²) in [5.74, 6) is -0.379. The molecule has 6 heteroatoms. The summed E-state index contributed by atoms with van der Waals surface area (Å²) in [5, 5.41) is 5.99. The molecule has 0 saturated heterocycles. The van der Waals surface area contributed by atoms with Crippen LogP contribution in [0.2, 0.25) is 5.02 Å². The van der Waals surface area contributed by atoms with Crippen molar-refractivity contribution in [3.05, 3.63) is 34.9 Å². The normalized spacial score (nSPS) is 10.8. The maximum absolute atomic E-state index is 11.8. The molecule has 0 atom stereocenters. The van der Waals surface area contributed by atoms with Crippen LogP contribution in [0.15, 0.2) is 24.3 Å². The third-order valence-corrected chi connectivity index (χ3v) is 3.08. The molecule has 0 spiro atoms. The first kappa shape index (κ1) is 17.5. The van der Waals surface area contributed by atoms with E-state index in [2.05, 4.69) is 10.6 Å². The van der Waals surface area contributed by atoms with Crippen LogP contribution in [0.25, 0.3) is 0 Å². The number of nitrogens with zero attached hydrogens (tertiary/aromatic N) is 1. The van der Waals surface area contributed by atoms with Crippen molar-refractivity contribution in [1.29, 1.82) is 0 Å². The quantitative estimate of drug-likeness (QED) is 0.800. The predicted octanol–water partition coefficient (Wildman–Crippen LogP) is 1.41. The molecule has 5 nitrogen and oxygen atoms in total. The molecule has 1 aromatic carbocycles. The summed E-state index contributed by atoms with van der Waals surface area (Å²) in [5.41, 5.74) is 0.965. The molecule has 0 aliphatic rings. The lowest BCUT2D eigenvalue weighted by molar-refractivity contribution is -0.126. The molecule has 0 radical (unpaired) electrons. The van der Waals surface area contributed by atoms with Gasteiger partial charge in [0.1, 0.15) is 0 Å². The lowest BCUT2D eigenvalue weighted by Gasteiger charge is -2.17. The second-order valence-electron chi connectivity index (χ2n) is 5.26. The van der Waals surface area contributed by atoms with Crippen LogP contribution < -0.4 is 10.6 Å². The summed E-state index contributed by atoms with van der Waals surface area (Å²) >= 11 is 6.08. The first-order valence-corrected chi connectivity index (χ1v) is 7.24. The molecule has 0 heterocycles. The molecule has 1 aromatic rings. The van der Waals surface area contributed by atoms with Crippen molar-refractivity contribution in [2.24, 2.45) is 0 Å². The molecular formula is C15H22ClN3O2. The molecule has 1 rings (SSSR count). The van der Waals surface area contributed by atoms with Crippen LogP contribution in [0.4, 0.5) is 0 Å². The van der Waals surface area contributed by atoms with E-state index in [-0.39, 0.29) is 30.9 Å². The molecule has 0 bridgehead atoms. The fourth-order valence-electron chi connectivity index (χ4n) is 1.83. The van der Waals surface area contributed by atoms with Gasteiger partial charge in [-0.3, -0.25) is 14.5 Å². The predicted molar refractivity (Wildman–Crippen MR) is 84.1 cm³/mol. The Morgan fingerprint density at radius 2 is 1.90 bits per heavy atom. The van der Waals surface area contributed by atoms with Gasteiger partial charge in [0.2, 0.25) is 11.8 Å². The fraction of sp³-hybridized carbons (Fsp3) is 0.467. The second kappa shape index (κ2) is 8.64. The van der Waals surface area contributed by atoms with Gasteiger partial charge >= 0.3 is 0 Å². The van der Waals surface area contributed by atoms with E-state index in [1.165, 1.54) is 0 Å².